The second-order valence-electron chi connectivity index (χ2n) is 6.18. The molecule has 6 nitrogen and oxygen atoms in total. The van der Waals surface area contributed by atoms with Gasteiger partial charge in [0.2, 0.25) is 5.91 Å². The molecule has 1 fully saturated rings. The minimum Gasteiger partial charge on any atom is -0.338 e. The van der Waals surface area contributed by atoms with Gasteiger partial charge in [-0.3, -0.25) is 14.6 Å². The zero-order valence-corrected chi connectivity index (χ0v) is 14.3. The van der Waals surface area contributed by atoms with Crippen LogP contribution in [0.2, 0.25) is 0 Å². The lowest BCUT2D eigenvalue weighted by Gasteiger charge is -2.32. The van der Waals surface area contributed by atoms with Crippen molar-refractivity contribution in [2.75, 3.05) is 18.4 Å². The molecule has 1 N–H and O–H groups in total. The molecule has 1 unspecified atom stereocenters. The molecule has 3 rings (SSSR count). The molecule has 2 amide bonds. The van der Waals surface area contributed by atoms with Gasteiger partial charge in [-0.05, 0) is 43.0 Å². The van der Waals surface area contributed by atoms with Crippen LogP contribution in [0.5, 0.6) is 0 Å². The molecule has 0 saturated carbocycles. The molecule has 1 aliphatic rings. The first-order valence-electron chi connectivity index (χ1n) is 8.63. The molecule has 3 heterocycles. The van der Waals surface area contributed by atoms with Crippen LogP contribution in [0.3, 0.4) is 0 Å². The van der Waals surface area contributed by atoms with E-state index < -0.39 is 0 Å². The molecule has 0 aliphatic carbocycles. The highest BCUT2D eigenvalue weighted by Gasteiger charge is 2.29. The smallest absolute Gasteiger partial charge is 0.254 e. The Hall–Kier alpha value is -2.76. The van der Waals surface area contributed by atoms with Crippen molar-refractivity contribution >= 4 is 17.6 Å². The Morgan fingerprint density at radius 2 is 2.16 bits per heavy atom. The summed E-state index contributed by atoms with van der Waals surface area (Å²) < 4.78 is 0. The van der Waals surface area contributed by atoms with Gasteiger partial charge in [0.15, 0.2) is 0 Å². The molecule has 130 valence electrons. The fourth-order valence-electron chi connectivity index (χ4n) is 3.13. The number of hydrogen-bond donors (Lipinski definition) is 1. The minimum absolute atomic E-state index is 0.0189. The highest BCUT2D eigenvalue weighted by atomic mass is 16.2. The number of amides is 2. The summed E-state index contributed by atoms with van der Waals surface area (Å²) in [5.74, 6) is 0.223. The monoisotopic (exact) mass is 338 g/mol. The molecular weight excluding hydrogens is 316 g/mol. The molecule has 2 aromatic heterocycles. The molecule has 0 radical (unpaired) electrons. The van der Waals surface area contributed by atoms with Gasteiger partial charge in [0.25, 0.3) is 5.91 Å². The van der Waals surface area contributed by atoms with Crippen LogP contribution in [0.1, 0.15) is 35.7 Å². The molecule has 1 aliphatic heterocycles. The Labute approximate surface area is 147 Å². The fourth-order valence-corrected chi connectivity index (χ4v) is 3.13. The van der Waals surface area contributed by atoms with Gasteiger partial charge in [0.1, 0.15) is 5.82 Å². The molecule has 6 heteroatoms. The zero-order chi connectivity index (χ0) is 17.6. The van der Waals surface area contributed by atoms with E-state index >= 15 is 0 Å². The van der Waals surface area contributed by atoms with Gasteiger partial charge >= 0.3 is 0 Å². The number of carbonyl (C=O) groups excluding carboxylic acids is 2. The molecule has 2 aromatic rings. The maximum atomic E-state index is 12.9. The molecule has 1 saturated heterocycles. The summed E-state index contributed by atoms with van der Waals surface area (Å²) in [6.45, 7) is 3.12. The van der Waals surface area contributed by atoms with Crippen LogP contribution < -0.4 is 5.32 Å². The summed E-state index contributed by atoms with van der Waals surface area (Å²) in [6.07, 6.45) is 7.37. The molecule has 25 heavy (non-hydrogen) atoms. The van der Waals surface area contributed by atoms with Crippen molar-refractivity contribution in [2.45, 2.75) is 26.2 Å². The quantitative estimate of drug-likeness (QED) is 0.929. The Bertz CT molecular complexity index is 748. The first kappa shape index (κ1) is 17.1. The van der Waals surface area contributed by atoms with Crippen LogP contribution in [0.25, 0.3) is 0 Å². The lowest BCUT2D eigenvalue weighted by atomic mass is 9.96. The van der Waals surface area contributed by atoms with Crippen LogP contribution in [0, 0.1) is 5.92 Å². The van der Waals surface area contributed by atoms with Gasteiger partial charge in [-0.1, -0.05) is 13.0 Å². The number of nitrogens with one attached hydrogen (secondary N) is 1. The minimum atomic E-state index is -0.216. The lowest BCUT2D eigenvalue weighted by molar-refractivity contribution is -0.121. The van der Waals surface area contributed by atoms with Crippen molar-refractivity contribution in [2.24, 2.45) is 5.92 Å². The fraction of sp³-hybridized carbons (Fsp3) is 0.368. The van der Waals surface area contributed by atoms with E-state index in [0.29, 0.717) is 24.5 Å². The third-order valence-corrected chi connectivity index (χ3v) is 4.51. The maximum absolute atomic E-state index is 12.9. The van der Waals surface area contributed by atoms with E-state index in [9.17, 15) is 9.59 Å². The van der Waals surface area contributed by atoms with Gasteiger partial charge in [-0.15, -0.1) is 0 Å². The summed E-state index contributed by atoms with van der Waals surface area (Å²) in [4.78, 5) is 35.3. The van der Waals surface area contributed by atoms with E-state index in [-0.39, 0.29) is 17.7 Å². The number of hydrogen-bond acceptors (Lipinski definition) is 4. The van der Waals surface area contributed by atoms with Crippen molar-refractivity contribution in [3.8, 4) is 0 Å². The number of aryl methyl sites for hydroxylation is 1. The largest absolute Gasteiger partial charge is 0.338 e. The Morgan fingerprint density at radius 1 is 1.28 bits per heavy atom. The maximum Gasteiger partial charge on any atom is 0.254 e. The van der Waals surface area contributed by atoms with E-state index in [1.165, 1.54) is 0 Å². The summed E-state index contributed by atoms with van der Waals surface area (Å²) in [6, 6.07) is 7.15. The van der Waals surface area contributed by atoms with Crippen molar-refractivity contribution < 1.29 is 9.59 Å². The lowest BCUT2D eigenvalue weighted by Crippen LogP contribution is -2.44. The number of carbonyl (C=O) groups is 2. The van der Waals surface area contributed by atoms with E-state index in [4.69, 9.17) is 0 Å². The Balaban J connectivity index is 1.68. The van der Waals surface area contributed by atoms with Gasteiger partial charge < -0.3 is 10.2 Å². The average Bonchev–Trinajstić information content (AvgIpc) is 2.68. The SMILES string of the molecule is CCc1cnccc1C(=O)N1CCCC(C(=O)Nc2ccccn2)C1. The Kier molecular flexibility index (Phi) is 5.38. The molecular formula is C19H22N4O2. The van der Waals surface area contributed by atoms with E-state index in [1.807, 2.05) is 13.0 Å². The van der Waals surface area contributed by atoms with Crippen LogP contribution in [-0.4, -0.2) is 39.8 Å². The first-order valence-corrected chi connectivity index (χ1v) is 8.63. The highest BCUT2D eigenvalue weighted by molar-refractivity contribution is 5.97. The van der Waals surface area contributed by atoms with E-state index in [0.717, 1.165) is 24.8 Å². The number of aromatic nitrogens is 2. The first-order chi connectivity index (χ1) is 12.2. The normalized spacial score (nSPS) is 17.2. The average molecular weight is 338 g/mol. The molecule has 0 spiro atoms. The third-order valence-electron chi connectivity index (χ3n) is 4.51. The Morgan fingerprint density at radius 3 is 2.92 bits per heavy atom. The summed E-state index contributed by atoms with van der Waals surface area (Å²) >= 11 is 0. The van der Waals surface area contributed by atoms with E-state index in [1.54, 1.807) is 41.7 Å². The predicted octanol–water partition coefficient (Wildman–Crippen LogP) is 2.53. The molecule has 0 aromatic carbocycles. The predicted molar refractivity (Wildman–Crippen MR) is 95.1 cm³/mol. The molecule has 0 bridgehead atoms. The number of pyridine rings is 2. The van der Waals surface area contributed by atoms with Crippen LogP contribution in [0.15, 0.2) is 42.9 Å². The number of rotatable bonds is 4. The van der Waals surface area contributed by atoms with Crippen molar-refractivity contribution in [1.29, 1.82) is 0 Å². The van der Waals surface area contributed by atoms with Crippen molar-refractivity contribution in [3.63, 3.8) is 0 Å². The van der Waals surface area contributed by atoms with Crippen LogP contribution in [-0.2, 0) is 11.2 Å². The van der Waals surface area contributed by atoms with Gasteiger partial charge in [0.05, 0.1) is 5.92 Å². The van der Waals surface area contributed by atoms with Crippen LogP contribution in [0.4, 0.5) is 5.82 Å². The van der Waals surface area contributed by atoms with Crippen LogP contribution >= 0.6 is 0 Å². The topological polar surface area (TPSA) is 75.2 Å². The van der Waals surface area contributed by atoms with Crippen molar-refractivity contribution in [1.82, 2.24) is 14.9 Å². The van der Waals surface area contributed by atoms with Gasteiger partial charge in [-0.2, -0.15) is 0 Å². The molecule has 1 atom stereocenters. The third kappa shape index (κ3) is 4.02. The second-order valence-corrected chi connectivity index (χ2v) is 6.18. The number of likely N-dealkylation sites (tertiary alicyclic amines) is 1. The van der Waals surface area contributed by atoms with Gasteiger partial charge in [-0.25, -0.2) is 4.98 Å². The summed E-state index contributed by atoms with van der Waals surface area (Å²) in [5, 5.41) is 2.84. The standard InChI is InChI=1S/C19H22N4O2/c1-2-14-12-20-10-8-16(14)19(25)23-11-5-6-15(13-23)18(24)22-17-7-3-4-9-21-17/h3-4,7-10,12,15H,2,5-6,11,13H2,1H3,(H,21,22,24). The van der Waals surface area contributed by atoms with Crippen molar-refractivity contribution in [3.05, 3.63) is 54.0 Å². The number of anilines is 1. The summed E-state index contributed by atoms with van der Waals surface area (Å²) in [7, 11) is 0. The second kappa shape index (κ2) is 7.88. The number of piperidine rings is 1. The van der Waals surface area contributed by atoms with E-state index in [2.05, 4.69) is 15.3 Å². The number of nitrogens with zero attached hydrogens (tertiary/aromatic N) is 3. The van der Waals surface area contributed by atoms with Gasteiger partial charge in [0, 0.05) is 37.2 Å². The summed E-state index contributed by atoms with van der Waals surface area (Å²) in [5.41, 5.74) is 1.62. The highest BCUT2D eigenvalue weighted by Crippen LogP contribution is 2.21. The zero-order valence-electron chi connectivity index (χ0n) is 14.3.